The summed E-state index contributed by atoms with van der Waals surface area (Å²) >= 11 is 0. The number of aliphatic hydroxyl groups excluding tert-OH is 2. The van der Waals surface area contributed by atoms with E-state index in [4.69, 9.17) is 19.3 Å². The van der Waals surface area contributed by atoms with Gasteiger partial charge in [0.1, 0.15) is 6.61 Å². The van der Waals surface area contributed by atoms with Crippen molar-refractivity contribution in [2.75, 3.05) is 13.2 Å². The Hall–Kier alpha value is -2.85. The first-order chi connectivity index (χ1) is 25.1. The summed E-state index contributed by atoms with van der Waals surface area (Å²) in [5.74, 6) is -1.14. The van der Waals surface area contributed by atoms with Crippen molar-refractivity contribution in [1.29, 1.82) is 0 Å². The number of phosphoric acid groups is 1. The number of hydrogen-bond donors (Lipinski definition) is 4. The van der Waals surface area contributed by atoms with Crippen molar-refractivity contribution in [3.63, 3.8) is 0 Å². The molecule has 0 heterocycles. The molecule has 0 aliphatic heterocycles. The molecule has 0 saturated heterocycles. The van der Waals surface area contributed by atoms with E-state index in [0.29, 0.717) is 25.7 Å². The number of rotatable bonds is 33. The maximum atomic E-state index is 12.4. The minimum absolute atomic E-state index is 0.0451. The van der Waals surface area contributed by atoms with E-state index in [1.54, 1.807) is 18.2 Å². The Balaban J connectivity index is 4.27. The molecule has 0 spiro atoms. The summed E-state index contributed by atoms with van der Waals surface area (Å²) in [7, 11) is -4.83. The summed E-state index contributed by atoms with van der Waals surface area (Å²) in [6.07, 6.45) is 39.4. The molecule has 52 heavy (non-hydrogen) atoms. The molecule has 0 bridgehead atoms. The molecule has 0 aromatic rings. The monoisotopic (exact) mass is 750 g/mol. The van der Waals surface area contributed by atoms with E-state index in [9.17, 15) is 24.4 Å². The van der Waals surface area contributed by atoms with Crippen molar-refractivity contribution < 1.29 is 48.2 Å². The van der Waals surface area contributed by atoms with E-state index >= 15 is 0 Å². The number of unbranched alkanes of at least 4 members (excludes halogenated alkanes) is 7. The van der Waals surface area contributed by atoms with Gasteiger partial charge in [-0.1, -0.05) is 137 Å². The third-order valence-electron chi connectivity index (χ3n) is 7.61. The largest absolute Gasteiger partial charge is 0.469 e. The van der Waals surface area contributed by atoms with Crippen LogP contribution in [0.4, 0.5) is 0 Å². The van der Waals surface area contributed by atoms with Gasteiger partial charge in [0.15, 0.2) is 6.10 Å². The van der Waals surface area contributed by atoms with Gasteiger partial charge < -0.3 is 29.5 Å². The molecule has 3 atom stereocenters. The van der Waals surface area contributed by atoms with Crippen LogP contribution in [0.15, 0.2) is 85.1 Å². The zero-order valence-electron chi connectivity index (χ0n) is 31.6. The van der Waals surface area contributed by atoms with Crippen molar-refractivity contribution in [3.8, 4) is 0 Å². The lowest BCUT2D eigenvalue weighted by Gasteiger charge is -2.18. The maximum absolute atomic E-state index is 12.4. The highest BCUT2D eigenvalue weighted by molar-refractivity contribution is 7.46. The maximum Gasteiger partial charge on any atom is 0.469 e. The number of esters is 2. The summed E-state index contributed by atoms with van der Waals surface area (Å²) in [6, 6.07) is 0. The van der Waals surface area contributed by atoms with Crippen LogP contribution in [-0.2, 0) is 28.2 Å². The first-order valence-electron chi connectivity index (χ1n) is 19.1. The molecule has 0 aliphatic rings. The fourth-order valence-electron chi connectivity index (χ4n) is 4.72. The van der Waals surface area contributed by atoms with E-state index < -0.39 is 44.7 Å². The van der Waals surface area contributed by atoms with Crippen LogP contribution in [-0.4, -0.2) is 63.5 Å². The zero-order valence-corrected chi connectivity index (χ0v) is 32.5. The Morgan fingerprint density at radius 1 is 0.615 bits per heavy atom. The lowest BCUT2D eigenvalue weighted by molar-refractivity contribution is -0.161. The quantitative estimate of drug-likeness (QED) is 0.0167. The molecule has 0 aromatic carbocycles. The molecule has 10 nitrogen and oxygen atoms in total. The number of hydrogen-bond acceptors (Lipinski definition) is 8. The molecule has 0 aliphatic carbocycles. The molecular weight excluding hydrogens is 683 g/mol. The number of phosphoric ester groups is 1. The van der Waals surface area contributed by atoms with Crippen LogP contribution in [0.3, 0.4) is 0 Å². The molecule has 0 amide bonds. The predicted octanol–water partition coefficient (Wildman–Crippen LogP) is 9.23. The topological polar surface area (TPSA) is 160 Å². The van der Waals surface area contributed by atoms with Crippen LogP contribution in [0, 0.1) is 0 Å². The molecule has 0 saturated carbocycles. The van der Waals surface area contributed by atoms with Gasteiger partial charge in [-0.2, -0.15) is 0 Å². The number of aliphatic hydroxyl groups is 2. The van der Waals surface area contributed by atoms with Crippen LogP contribution < -0.4 is 0 Å². The molecular formula is C41H67O10P. The number of allylic oxidation sites excluding steroid dienone is 12. The molecule has 0 unspecified atom stereocenters. The molecule has 0 rings (SSSR count). The molecule has 4 N–H and O–H groups in total. The summed E-state index contributed by atoms with van der Waals surface area (Å²) in [5, 5.41) is 20.0. The van der Waals surface area contributed by atoms with E-state index in [1.165, 1.54) is 0 Å². The van der Waals surface area contributed by atoms with Crippen LogP contribution in [0.1, 0.15) is 129 Å². The van der Waals surface area contributed by atoms with Crippen LogP contribution >= 0.6 is 7.82 Å². The Bertz CT molecular complexity index is 1150. The van der Waals surface area contributed by atoms with Gasteiger partial charge in [-0.3, -0.25) is 14.1 Å². The van der Waals surface area contributed by atoms with Crippen LogP contribution in [0.25, 0.3) is 0 Å². The Labute approximate surface area is 313 Å². The van der Waals surface area contributed by atoms with Crippen molar-refractivity contribution in [3.05, 3.63) is 85.1 Å². The van der Waals surface area contributed by atoms with Gasteiger partial charge in [0.25, 0.3) is 0 Å². The van der Waals surface area contributed by atoms with Gasteiger partial charge in [0, 0.05) is 12.8 Å². The smallest absolute Gasteiger partial charge is 0.462 e. The molecule has 296 valence electrons. The van der Waals surface area contributed by atoms with Gasteiger partial charge in [-0.05, 0) is 64.2 Å². The fraction of sp³-hybridized carbons (Fsp3) is 0.610. The minimum atomic E-state index is -4.83. The van der Waals surface area contributed by atoms with E-state index in [0.717, 1.165) is 77.0 Å². The van der Waals surface area contributed by atoms with Crippen molar-refractivity contribution in [1.82, 2.24) is 0 Å². The fourth-order valence-corrected chi connectivity index (χ4v) is 5.08. The summed E-state index contributed by atoms with van der Waals surface area (Å²) in [5.41, 5.74) is 0. The van der Waals surface area contributed by atoms with Crippen molar-refractivity contribution in [2.24, 2.45) is 0 Å². The summed E-state index contributed by atoms with van der Waals surface area (Å²) in [4.78, 5) is 42.7. The highest BCUT2D eigenvalue weighted by Gasteiger charge is 2.23. The zero-order chi connectivity index (χ0) is 38.5. The van der Waals surface area contributed by atoms with Crippen molar-refractivity contribution in [2.45, 2.75) is 148 Å². The van der Waals surface area contributed by atoms with E-state index in [2.05, 4.69) is 54.8 Å². The predicted molar refractivity (Wildman–Crippen MR) is 209 cm³/mol. The Morgan fingerprint density at radius 2 is 1.17 bits per heavy atom. The normalized spacial score (nSPS) is 14.7. The van der Waals surface area contributed by atoms with Crippen molar-refractivity contribution >= 4 is 19.8 Å². The minimum Gasteiger partial charge on any atom is -0.462 e. The van der Waals surface area contributed by atoms with Crippen LogP contribution in [0.5, 0.6) is 0 Å². The number of carbonyl (C=O) groups excluding carboxylic acids is 2. The van der Waals surface area contributed by atoms with E-state index in [-0.39, 0.29) is 19.4 Å². The van der Waals surface area contributed by atoms with Gasteiger partial charge >= 0.3 is 19.8 Å². The number of carbonyl (C=O) groups is 2. The average molecular weight is 751 g/mol. The number of ether oxygens (including phenoxy) is 2. The van der Waals surface area contributed by atoms with Gasteiger partial charge in [-0.15, -0.1) is 0 Å². The second-order valence-electron chi connectivity index (χ2n) is 12.6. The SMILES string of the molecule is CC/C=C\C/C=C\C/C=C\CCCCCCCC(=O)OC[C@H](COP(=O)(O)O)OC(=O)CCC[C@H](O)/C=C/C=C\C/C=C\C=C\[C@H](O)CCCCC. The van der Waals surface area contributed by atoms with Gasteiger partial charge in [0.05, 0.1) is 18.8 Å². The van der Waals surface area contributed by atoms with Crippen LogP contribution in [0.2, 0.25) is 0 Å². The lowest BCUT2D eigenvalue weighted by Crippen LogP contribution is -2.29. The molecule has 0 fully saturated rings. The second-order valence-corrected chi connectivity index (χ2v) is 13.8. The van der Waals surface area contributed by atoms with Gasteiger partial charge in [0.2, 0.25) is 0 Å². The van der Waals surface area contributed by atoms with Gasteiger partial charge in [-0.25, -0.2) is 4.57 Å². The highest BCUT2D eigenvalue weighted by Crippen LogP contribution is 2.36. The molecule has 11 heteroatoms. The third-order valence-corrected chi connectivity index (χ3v) is 8.09. The Morgan fingerprint density at radius 3 is 1.81 bits per heavy atom. The average Bonchev–Trinajstić information content (AvgIpc) is 3.10. The van der Waals surface area contributed by atoms with E-state index in [1.807, 2.05) is 30.4 Å². The molecule has 0 aromatic heterocycles. The highest BCUT2D eigenvalue weighted by atomic mass is 31.2. The summed E-state index contributed by atoms with van der Waals surface area (Å²) in [6.45, 7) is 3.24. The standard InChI is InChI=1S/C41H67O10P/c1-3-5-7-8-9-10-11-12-13-14-15-16-20-23-27-33-40(44)49-35-39(36-50-52(46,47)48)51-41(45)34-28-32-38(43)31-26-22-19-17-18-21-25-30-37(42)29-24-6-4-2/h5,7,9-10,12-13,18-19,21-22,25-26,30-31,37-39,42-43H,3-4,6,8,11,14-17,20,23-24,27-29,32-36H2,1-2H3,(H2,46,47,48)/b7-5-,10-9-,13-12-,21-18-,22-19-,30-25+,31-26+/t37-,38-,39-/m1/s1. The second kappa shape index (κ2) is 35.2. The Kier molecular flexibility index (Phi) is 33.3. The lowest BCUT2D eigenvalue weighted by atomic mass is 10.1. The third kappa shape index (κ3) is 36.9. The summed E-state index contributed by atoms with van der Waals surface area (Å²) < 4.78 is 26.1. The molecule has 0 radical (unpaired) electrons. The first-order valence-corrected chi connectivity index (χ1v) is 20.6. The first kappa shape index (κ1) is 49.1.